The molecule has 0 spiro atoms. The number of sulfone groups is 1. The van der Waals surface area contributed by atoms with Gasteiger partial charge in [-0.1, -0.05) is 12.1 Å². The van der Waals surface area contributed by atoms with E-state index in [9.17, 15) is 12.6 Å². The van der Waals surface area contributed by atoms with E-state index in [1.54, 1.807) is 12.1 Å². The summed E-state index contributed by atoms with van der Waals surface area (Å²) in [6, 6.07) is 6.37. The Morgan fingerprint density at radius 3 is 2.20 bits per heavy atom. The van der Waals surface area contributed by atoms with Gasteiger partial charge in [0.25, 0.3) is 0 Å². The van der Waals surface area contributed by atoms with Gasteiger partial charge in [0, 0.05) is 6.26 Å². The fourth-order valence-electron chi connectivity index (χ4n) is 1.08. The van der Waals surface area contributed by atoms with E-state index in [0.717, 1.165) is 5.56 Å². The molecule has 0 aromatic heterocycles. The molecule has 0 saturated heterocycles. The zero-order chi connectivity index (χ0) is 11.5. The zero-order valence-corrected chi connectivity index (χ0v) is 9.85. The Morgan fingerprint density at radius 2 is 1.80 bits per heavy atom. The maximum Gasteiger partial charge on any atom is 0.186 e. The van der Waals surface area contributed by atoms with Gasteiger partial charge in [-0.3, -0.25) is 0 Å². The molecule has 1 aromatic carbocycles. The summed E-state index contributed by atoms with van der Waals surface area (Å²) in [5.41, 5.74) is 0.842. The van der Waals surface area contributed by atoms with Crippen LogP contribution in [0.3, 0.4) is 0 Å². The largest absolute Gasteiger partial charge is 0.302 e. The first-order valence-electron chi connectivity index (χ1n) is 4.26. The van der Waals surface area contributed by atoms with E-state index >= 15 is 0 Å². The molecule has 0 bridgehead atoms. The van der Waals surface area contributed by atoms with E-state index in [-0.39, 0.29) is 5.75 Å². The molecule has 1 aromatic rings. The van der Waals surface area contributed by atoms with Gasteiger partial charge in [0.15, 0.2) is 11.1 Å². The number of hydrogen-bond donors (Lipinski definition) is 1. The highest BCUT2D eigenvalue weighted by atomic mass is 32.2. The smallest absolute Gasteiger partial charge is 0.186 e. The van der Waals surface area contributed by atoms with Crippen molar-refractivity contribution in [3.05, 3.63) is 29.8 Å². The Balaban J connectivity index is 2.69. The van der Waals surface area contributed by atoms with Crippen molar-refractivity contribution < 1.29 is 17.2 Å². The predicted molar refractivity (Wildman–Crippen MR) is 58.9 cm³/mol. The number of aryl methyl sites for hydroxylation is 1. The van der Waals surface area contributed by atoms with Gasteiger partial charge in [-0.15, -0.1) is 0 Å². The van der Waals surface area contributed by atoms with E-state index in [4.69, 9.17) is 4.55 Å². The van der Waals surface area contributed by atoms with Crippen LogP contribution in [-0.2, 0) is 27.3 Å². The summed E-state index contributed by atoms with van der Waals surface area (Å²) >= 11 is -1.98. The van der Waals surface area contributed by atoms with Crippen LogP contribution in [0.1, 0.15) is 5.56 Å². The second-order valence-corrected chi connectivity index (χ2v) is 6.50. The SMILES string of the molecule is CS(=O)(=O)CCc1ccc(S(=O)O)cc1. The van der Waals surface area contributed by atoms with Crippen molar-refractivity contribution in [2.75, 3.05) is 12.0 Å². The molecule has 1 N–H and O–H groups in total. The van der Waals surface area contributed by atoms with Gasteiger partial charge in [0.05, 0.1) is 10.6 Å². The van der Waals surface area contributed by atoms with Crippen molar-refractivity contribution in [1.82, 2.24) is 0 Å². The van der Waals surface area contributed by atoms with Crippen molar-refractivity contribution in [3.8, 4) is 0 Å². The van der Waals surface area contributed by atoms with Crippen molar-refractivity contribution >= 4 is 20.9 Å². The van der Waals surface area contributed by atoms with Crippen molar-refractivity contribution in [3.63, 3.8) is 0 Å². The summed E-state index contributed by atoms with van der Waals surface area (Å²) < 4.78 is 41.2. The lowest BCUT2D eigenvalue weighted by atomic mass is 10.2. The molecule has 1 unspecified atom stereocenters. The lowest BCUT2D eigenvalue weighted by Gasteiger charge is -2.00. The third-order valence-electron chi connectivity index (χ3n) is 1.89. The number of rotatable bonds is 4. The van der Waals surface area contributed by atoms with E-state index in [1.165, 1.54) is 18.4 Å². The average molecular weight is 248 g/mol. The minimum atomic E-state index is -2.96. The molecule has 0 fully saturated rings. The van der Waals surface area contributed by atoms with Gasteiger partial charge in [0.2, 0.25) is 0 Å². The molecule has 0 saturated carbocycles. The molecule has 0 aliphatic heterocycles. The molecule has 0 aliphatic rings. The quantitative estimate of drug-likeness (QED) is 0.802. The standard InChI is InChI=1S/C9H12O4S2/c1-15(12,13)7-6-8-2-4-9(5-3-8)14(10)11/h2-5H,6-7H2,1H3,(H,10,11). The van der Waals surface area contributed by atoms with Gasteiger partial charge in [-0.25, -0.2) is 12.6 Å². The van der Waals surface area contributed by atoms with Crippen LogP contribution in [-0.4, -0.2) is 29.2 Å². The normalized spacial score (nSPS) is 13.7. The summed E-state index contributed by atoms with van der Waals surface area (Å²) in [6.07, 6.45) is 1.61. The fraction of sp³-hybridized carbons (Fsp3) is 0.333. The maximum atomic E-state index is 10.9. The van der Waals surface area contributed by atoms with Crippen LogP contribution >= 0.6 is 0 Å². The monoisotopic (exact) mass is 248 g/mol. The van der Waals surface area contributed by atoms with Crippen LogP contribution in [0.4, 0.5) is 0 Å². The van der Waals surface area contributed by atoms with E-state index in [1.807, 2.05) is 0 Å². The summed E-state index contributed by atoms with van der Waals surface area (Å²) in [4.78, 5) is 0.318. The lowest BCUT2D eigenvalue weighted by Crippen LogP contribution is -2.05. The van der Waals surface area contributed by atoms with Gasteiger partial charge < -0.3 is 4.55 Å². The summed E-state index contributed by atoms with van der Waals surface area (Å²) in [7, 11) is -2.96. The first kappa shape index (κ1) is 12.4. The van der Waals surface area contributed by atoms with Crippen LogP contribution < -0.4 is 0 Å². The summed E-state index contributed by atoms with van der Waals surface area (Å²) in [5.74, 6) is 0.0918. The van der Waals surface area contributed by atoms with E-state index in [0.29, 0.717) is 11.3 Å². The topological polar surface area (TPSA) is 71.4 Å². The summed E-state index contributed by atoms with van der Waals surface area (Å²) in [6.45, 7) is 0. The highest BCUT2D eigenvalue weighted by Gasteiger charge is 2.04. The molecule has 15 heavy (non-hydrogen) atoms. The maximum absolute atomic E-state index is 10.9. The van der Waals surface area contributed by atoms with Crippen LogP contribution in [0.25, 0.3) is 0 Å². The molecular weight excluding hydrogens is 236 g/mol. The average Bonchev–Trinajstić information content (AvgIpc) is 2.14. The van der Waals surface area contributed by atoms with Crippen molar-refractivity contribution in [2.45, 2.75) is 11.3 Å². The Bertz CT molecular complexity index is 448. The van der Waals surface area contributed by atoms with Gasteiger partial charge in [-0.05, 0) is 24.1 Å². The second-order valence-electron chi connectivity index (χ2n) is 3.27. The van der Waals surface area contributed by atoms with Crippen LogP contribution in [0.5, 0.6) is 0 Å². The Hall–Kier alpha value is -0.720. The molecular formula is C9H12O4S2. The number of benzene rings is 1. The first-order valence-corrected chi connectivity index (χ1v) is 7.43. The third kappa shape index (κ3) is 4.55. The molecule has 1 atom stereocenters. The Kier molecular flexibility index (Phi) is 4.01. The molecule has 6 heteroatoms. The molecule has 1 rings (SSSR count). The van der Waals surface area contributed by atoms with E-state index < -0.39 is 20.9 Å². The molecule has 0 radical (unpaired) electrons. The molecule has 84 valence electrons. The minimum Gasteiger partial charge on any atom is -0.302 e. The third-order valence-corrected chi connectivity index (χ3v) is 3.51. The molecule has 0 aliphatic carbocycles. The summed E-state index contributed by atoms with van der Waals surface area (Å²) in [5, 5.41) is 0. The van der Waals surface area contributed by atoms with Crippen molar-refractivity contribution in [1.29, 1.82) is 0 Å². The molecule has 4 nitrogen and oxygen atoms in total. The fourth-order valence-corrected chi connectivity index (χ4v) is 2.05. The van der Waals surface area contributed by atoms with Crippen LogP contribution in [0.2, 0.25) is 0 Å². The minimum absolute atomic E-state index is 0.0918. The van der Waals surface area contributed by atoms with Gasteiger partial charge >= 0.3 is 0 Å². The molecule has 0 amide bonds. The highest BCUT2D eigenvalue weighted by molar-refractivity contribution is 7.90. The van der Waals surface area contributed by atoms with Gasteiger partial charge in [-0.2, -0.15) is 0 Å². The van der Waals surface area contributed by atoms with Crippen molar-refractivity contribution in [2.24, 2.45) is 0 Å². The van der Waals surface area contributed by atoms with Crippen LogP contribution in [0, 0.1) is 0 Å². The van der Waals surface area contributed by atoms with Crippen LogP contribution in [0.15, 0.2) is 29.2 Å². The zero-order valence-electron chi connectivity index (χ0n) is 8.21. The lowest BCUT2D eigenvalue weighted by molar-refractivity contribution is 0.564. The second kappa shape index (κ2) is 4.87. The molecule has 0 heterocycles. The number of hydrogen-bond acceptors (Lipinski definition) is 3. The predicted octanol–water partition coefficient (Wildman–Crippen LogP) is 0.854. The van der Waals surface area contributed by atoms with Gasteiger partial charge in [0.1, 0.15) is 9.84 Å². The Labute approximate surface area is 91.5 Å². The Morgan fingerprint density at radius 1 is 1.27 bits per heavy atom. The first-order chi connectivity index (χ1) is 6.88. The highest BCUT2D eigenvalue weighted by Crippen LogP contribution is 2.08. The van der Waals surface area contributed by atoms with E-state index in [2.05, 4.69) is 0 Å².